The number of hydrazone groups is 1. The molecule has 0 aliphatic carbocycles. The quantitative estimate of drug-likeness (QED) is 0.565. The van der Waals surface area contributed by atoms with Crippen molar-refractivity contribution in [3.63, 3.8) is 0 Å². The highest BCUT2D eigenvalue weighted by Crippen LogP contribution is 2.20. The highest BCUT2D eigenvalue weighted by atomic mass is 79.9. The van der Waals surface area contributed by atoms with Gasteiger partial charge < -0.3 is 4.57 Å². The van der Waals surface area contributed by atoms with Gasteiger partial charge >= 0.3 is 0 Å². The van der Waals surface area contributed by atoms with Crippen LogP contribution in [0.25, 0.3) is 10.9 Å². The maximum Gasteiger partial charge on any atom is 0.273 e. The highest BCUT2D eigenvalue weighted by molar-refractivity contribution is 9.10. The number of benzene rings is 2. The number of carbonyl (C=O) groups excluding carboxylic acids is 1. The molecule has 3 rings (SSSR count). The number of nitrogens with zero attached hydrogens (tertiary/aromatic N) is 2. The summed E-state index contributed by atoms with van der Waals surface area (Å²) >= 11 is 3.40. The molecule has 2 aromatic carbocycles. The Kier molecular flexibility index (Phi) is 4.06. The van der Waals surface area contributed by atoms with E-state index in [1.807, 2.05) is 66.3 Å². The van der Waals surface area contributed by atoms with E-state index in [4.69, 9.17) is 0 Å². The van der Waals surface area contributed by atoms with Gasteiger partial charge in [0.1, 0.15) is 0 Å². The first-order valence-corrected chi connectivity index (χ1v) is 7.57. The molecular weight excluding hydrogens is 342 g/mol. The van der Waals surface area contributed by atoms with E-state index in [1.165, 1.54) is 0 Å². The van der Waals surface area contributed by atoms with Gasteiger partial charge in [0, 0.05) is 28.6 Å². The molecule has 0 fully saturated rings. The number of aryl methyl sites for hydroxylation is 1. The molecule has 1 aromatic heterocycles. The molecule has 0 radical (unpaired) electrons. The third-order valence-electron chi connectivity index (χ3n) is 3.37. The van der Waals surface area contributed by atoms with E-state index < -0.39 is 0 Å². The SMILES string of the molecule is Cn1cc(C(=O)N/N=C/c2cccc(Br)c2)c2ccccc21. The highest BCUT2D eigenvalue weighted by Gasteiger charge is 2.12. The molecule has 22 heavy (non-hydrogen) atoms. The lowest BCUT2D eigenvalue weighted by atomic mass is 10.2. The van der Waals surface area contributed by atoms with Crippen LogP contribution in [0.5, 0.6) is 0 Å². The van der Waals surface area contributed by atoms with Gasteiger partial charge in [-0.3, -0.25) is 4.79 Å². The Morgan fingerprint density at radius 3 is 2.86 bits per heavy atom. The molecule has 1 N–H and O–H groups in total. The summed E-state index contributed by atoms with van der Waals surface area (Å²) in [6.45, 7) is 0. The van der Waals surface area contributed by atoms with Crippen molar-refractivity contribution in [3.05, 3.63) is 70.3 Å². The zero-order chi connectivity index (χ0) is 15.5. The zero-order valence-corrected chi connectivity index (χ0v) is 13.5. The number of amides is 1. The summed E-state index contributed by atoms with van der Waals surface area (Å²) in [5, 5.41) is 4.94. The number of nitrogens with one attached hydrogen (secondary N) is 1. The van der Waals surface area contributed by atoms with Crippen LogP contribution >= 0.6 is 15.9 Å². The first-order chi connectivity index (χ1) is 10.6. The van der Waals surface area contributed by atoms with Crippen LogP contribution in [0.2, 0.25) is 0 Å². The number of carbonyl (C=O) groups is 1. The minimum Gasteiger partial charge on any atom is -0.350 e. The average molecular weight is 356 g/mol. The summed E-state index contributed by atoms with van der Waals surface area (Å²) < 4.78 is 2.90. The minimum atomic E-state index is -0.219. The molecule has 1 heterocycles. The maximum absolute atomic E-state index is 12.3. The van der Waals surface area contributed by atoms with Crippen LogP contribution in [0.15, 0.2) is 64.3 Å². The summed E-state index contributed by atoms with van der Waals surface area (Å²) in [5.41, 5.74) is 5.12. The van der Waals surface area contributed by atoms with Crippen molar-refractivity contribution in [2.24, 2.45) is 12.1 Å². The van der Waals surface area contributed by atoms with E-state index >= 15 is 0 Å². The maximum atomic E-state index is 12.3. The third-order valence-corrected chi connectivity index (χ3v) is 3.86. The van der Waals surface area contributed by atoms with Gasteiger partial charge in [0.15, 0.2) is 0 Å². The van der Waals surface area contributed by atoms with E-state index in [1.54, 1.807) is 6.21 Å². The van der Waals surface area contributed by atoms with Gasteiger partial charge in [-0.25, -0.2) is 5.43 Å². The monoisotopic (exact) mass is 355 g/mol. The number of hydrogen-bond acceptors (Lipinski definition) is 2. The summed E-state index contributed by atoms with van der Waals surface area (Å²) in [5.74, 6) is -0.219. The van der Waals surface area contributed by atoms with Crippen LogP contribution in [0.1, 0.15) is 15.9 Å². The molecular formula is C17H14BrN3O. The third kappa shape index (κ3) is 2.94. The number of aromatic nitrogens is 1. The van der Waals surface area contributed by atoms with Gasteiger partial charge in [-0.1, -0.05) is 46.3 Å². The first-order valence-electron chi connectivity index (χ1n) is 6.78. The molecule has 0 aliphatic rings. The van der Waals surface area contributed by atoms with Crippen LogP contribution in [0.4, 0.5) is 0 Å². The molecule has 0 atom stereocenters. The summed E-state index contributed by atoms with van der Waals surface area (Å²) in [6, 6.07) is 15.5. The molecule has 4 nitrogen and oxygen atoms in total. The molecule has 5 heteroatoms. The largest absolute Gasteiger partial charge is 0.350 e. The van der Waals surface area contributed by atoms with E-state index in [0.717, 1.165) is 20.9 Å². The molecule has 0 bridgehead atoms. The molecule has 0 saturated heterocycles. The van der Waals surface area contributed by atoms with Gasteiger partial charge in [-0.2, -0.15) is 5.10 Å². The van der Waals surface area contributed by atoms with Gasteiger partial charge in [-0.05, 0) is 23.8 Å². The van der Waals surface area contributed by atoms with Crippen LogP contribution < -0.4 is 5.43 Å². The lowest BCUT2D eigenvalue weighted by Crippen LogP contribution is -2.17. The fourth-order valence-corrected chi connectivity index (χ4v) is 2.75. The van der Waals surface area contributed by atoms with E-state index in [0.29, 0.717) is 5.56 Å². The van der Waals surface area contributed by atoms with Gasteiger partial charge in [-0.15, -0.1) is 0 Å². The lowest BCUT2D eigenvalue weighted by Gasteiger charge is -1.98. The Labute approximate surface area is 136 Å². The van der Waals surface area contributed by atoms with E-state index in [9.17, 15) is 4.79 Å². The van der Waals surface area contributed by atoms with Crippen LogP contribution in [-0.4, -0.2) is 16.7 Å². The molecule has 0 aliphatic heterocycles. The minimum absolute atomic E-state index is 0.219. The van der Waals surface area contributed by atoms with Crippen molar-refractivity contribution in [3.8, 4) is 0 Å². The van der Waals surface area contributed by atoms with Crippen molar-refractivity contribution < 1.29 is 4.79 Å². The standard InChI is InChI=1S/C17H14BrN3O/c1-21-11-15(14-7-2-3-8-16(14)21)17(22)20-19-10-12-5-4-6-13(18)9-12/h2-11H,1H3,(H,20,22)/b19-10+. The Bertz CT molecular complexity index is 867. The lowest BCUT2D eigenvalue weighted by molar-refractivity contribution is 0.0956. The Morgan fingerprint density at radius 2 is 2.05 bits per heavy atom. The van der Waals surface area contributed by atoms with Crippen molar-refractivity contribution in [2.45, 2.75) is 0 Å². The number of hydrogen-bond donors (Lipinski definition) is 1. The second-order valence-corrected chi connectivity index (χ2v) is 5.84. The van der Waals surface area contributed by atoms with Gasteiger partial charge in [0.2, 0.25) is 0 Å². The Balaban J connectivity index is 1.79. The first kappa shape index (κ1) is 14.5. The summed E-state index contributed by atoms with van der Waals surface area (Å²) in [7, 11) is 1.92. The summed E-state index contributed by atoms with van der Waals surface area (Å²) in [4.78, 5) is 12.3. The topological polar surface area (TPSA) is 46.4 Å². The second kappa shape index (κ2) is 6.15. The van der Waals surface area contributed by atoms with Gasteiger partial charge in [0.25, 0.3) is 5.91 Å². The predicted octanol–water partition coefficient (Wildman–Crippen LogP) is 3.70. The average Bonchev–Trinajstić information content (AvgIpc) is 2.85. The van der Waals surface area contributed by atoms with Crippen LogP contribution in [0.3, 0.4) is 0 Å². The van der Waals surface area contributed by atoms with Crippen molar-refractivity contribution in [1.29, 1.82) is 0 Å². The fraction of sp³-hybridized carbons (Fsp3) is 0.0588. The number of para-hydroxylation sites is 1. The second-order valence-electron chi connectivity index (χ2n) is 4.92. The molecule has 0 unspecified atom stereocenters. The summed E-state index contributed by atoms with van der Waals surface area (Å²) in [6.07, 6.45) is 3.43. The van der Waals surface area contributed by atoms with Gasteiger partial charge in [0.05, 0.1) is 11.8 Å². The van der Waals surface area contributed by atoms with E-state index in [-0.39, 0.29) is 5.91 Å². The number of fused-ring (bicyclic) bond motifs is 1. The molecule has 0 spiro atoms. The van der Waals surface area contributed by atoms with Crippen LogP contribution in [0, 0.1) is 0 Å². The molecule has 0 saturated carbocycles. The normalized spacial score (nSPS) is 11.2. The Morgan fingerprint density at radius 1 is 1.23 bits per heavy atom. The van der Waals surface area contributed by atoms with Crippen molar-refractivity contribution in [2.75, 3.05) is 0 Å². The molecule has 3 aromatic rings. The van der Waals surface area contributed by atoms with Crippen molar-refractivity contribution >= 4 is 39.0 Å². The smallest absolute Gasteiger partial charge is 0.273 e. The predicted molar refractivity (Wildman–Crippen MR) is 92.1 cm³/mol. The fourth-order valence-electron chi connectivity index (χ4n) is 2.34. The number of rotatable bonds is 3. The van der Waals surface area contributed by atoms with Crippen LogP contribution in [-0.2, 0) is 7.05 Å². The van der Waals surface area contributed by atoms with Crippen molar-refractivity contribution in [1.82, 2.24) is 9.99 Å². The van der Waals surface area contributed by atoms with E-state index in [2.05, 4.69) is 26.5 Å². The zero-order valence-electron chi connectivity index (χ0n) is 12.0. The Hall–Kier alpha value is -2.40. The number of halogens is 1. The molecule has 110 valence electrons. The molecule has 1 amide bonds.